The number of rotatable bonds is 8. The number of anilines is 5. The van der Waals surface area contributed by atoms with Crippen LogP contribution in [0.4, 0.5) is 28.4 Å². The number of para-hydroxylation sites is 1. The van der Waals surface area contributed by atoms with E-state index in [0.717, 1.165) is 17.1 Å². The standard InChI is InChI=1S/C56H48N2/c1-55-39-11-12-40-56(55,2)58(54-18-10-9-17-53(54)55)52-37-29-48(30-38-52)44-21-19-43(20-22-44)47-27-35-51(36-28-47)57(49-31-23-45(24-32-49)41-13-5-3-6-14-41)50-33-25-46(26-34-50)42-15-7-4-8-16-42/h3-10,13-38H,11-12,39-40H2,1-2H3. The third kappa shape index (κ3) is 6.21. The van der Waals surface area contributed by atoms with E-state index < -0.39 is 0 Å². The van der Waals surface area contributed by atoms with E-state index in [1.807, 2.05) is 0 Å². The van der Waals surface area contributed by atoms with Crippen LogP contribution in [0.15, 0.2) is 206 Å². The van der Waals surface area contributed by atoms with Gasteiger partial charge >= 0.3 is 0 Å². The molecule has 0 bridgehead atoms. The van der Waals surface area contributed by atoms with E-state index in [2.05, 4.69) is 230 Å². The first-order valence-corrected chi connectivity index (χ1v) is 20.8. The largest absolute Gasteiger partial charge is 0.334 e. The highest BCUT2D eigenvalue weighted by atomic mass is 15.3. The van der Waals surface area contributed by atoms with Crippen LogP contribution in [-0.2, 0) is 5.41 Å². The van der Waals surface area contributed by atoms with Crippen LogP contribution in [0.25, 0.3) is 44.5 Å². The summed E-state index contributed by atoms with van der Waals surface area (Å²) in [6.45, 7) is 5.00. The Morgan fingerprint density at radius 3 is 1.16 bits per heavy atom. The zero-order chi connectivity index (χ0) is 39.1. The molecule has 0 saturated heterocycles. The van der Waals surface area contributed by atoms with Crippen molar-refractivity contribution in [3.63, 3.8) is 0 Å². The van der Waals surface area contributed by atoms with Crippen LogP contribution < -0.4 is 9.80 Å². The van der Waals surface area contributed by atoms with Gasteiger partial charge in [0.2, 0.25) is 0 Å². The number of benzene rings is 8. The average molecular weight is 749 g/mol. The second kappa shape index (κ2) is 14.7. The minimum atomic E-state index is 0.0741. The molecule has 8 aromatic rings. The van der Waals surface area contributed by atoms with Crippen molar-refractivity contribution in [1.29, 1.82) is 0 Å². The number of nitrogens with zero attached hydrogens (tertiary/aromatic N) is 2. The van der Waals surface area contributed by atoms with Crippen LogP contribution in [0, 0.1) is 0 Å². The van der Waals surface area contributed by atoms with Crippen LogP contribution in [0.5, 0.6) is 0 Å². The predicted octanol–water partition coefficient (Wildman–Crippen LogP) is 15.6. The van der Waals surface area contributed by atoms with Gasteiger partial charge in [-0.15, -0.1) is 0 Å². The summed E-state index contributed by atoms with van der Waals surface area (Å²) in [7, 11) is 0. The molecule has 1 saturated carbocycles. The molecule has 2 atom stereocenters. The van der Waals surface area contributed by atoms with Gasteiger partial charge in [-0.3, -0.25) is 0 Å². The van der Waals surface area contributed by atoms with Crippen molar-refractivity contribution < 1.29 is 0 Å². The third-order valence-corrected chi connectivity index (χ3v) is 13.3. The Balaban J connectivity index is 0.911. The number of fused-ring (bicyclic) bond motifs is 3. The molecule has 1 heterocycles. The second-order valence-electron chi connectivity index (χ2n) is 16.5. The molecule has 1 fully saturated rings. The smallest absolute Gasteiger partial charge is 0.0517 e. The molecule has 2 unspecified atom stereocenters. The number of hydrogen-bond donors (Lipinski definition) is 0. The molecule has 1 aliphatic carbocycles. The van der Waals surface area contributed by atoms with E-state index in [9.17, 15) is 0 Å². The second-order valence-corrected chi connectivity index (χ2v) is 16.5. The molecular weight excluding hydrogens is 701 g/mol. The lowest BCUT2D eigenvalue weighted by atomic mass is 9.61. The van der Waals surface area contributed by atoms with E-state index in [1.165, 1.54) is 87.1 Å². The average Bonchev–Trinajstić information content (AvgIpc) is 3.51. The highest BCUT2D eigenvalue weighted by molar-refractivity contribution is 5.82. The first-order valence-electron chi connectivity index (χ1n) is 20.8. The van der Waals surface area contributed by atoms with Gasteiger partial charge in [0.25, 0.3) is 0 Å². The van der Waals surface area contributed by atoms with Crippen LogP contribution in [0.3, 0.4) is 0 Å². The molecule has 0 radical (unpaired) electrons. The lowest BCUT2D eigenvalue weighted by Gasteiger charge is -2.50. The zero-order valence-corrected chi connectivity index (χ0v) is 33.4. The minimum Gasteiger partial charge on any atom is -0.334 e. The van der Waals surface area contributed by atoms with Crippen molar-refractivity contribution in [1.82, 2.24) is 0 Å². The highest BCUT2D eigenvalue weighted by Crippen LogP contribution is 2.60. The number of hydrogen-bond acceptors (Lipinski definition) is 2. The maximum absolute atomic E-state index is 2.65. The Hall–Kier alpha value is -6.64. The van der Waals surface area contributed by atoms with Crippen molar-refractivity contribution in [2.45, 2.75) is 50.5 Å². The van der Waals surface area contributed by atoms with Crippen molar-refractivity contribution in [2.75, 3.05) is 9.80 Å². The Morgan fingerprint density at radius 1 is 0.362 bits per heavy atom. The fourth-order valence-electron chi connectivity index (χ4n) is 9.88. The van der Waals surface area contributed by atoms with Crippen LogP contribution >= 0.6 is 0 Å². The summed E-state index contributed by atoms with van der Waals surface area (Å²) >= 11 is 0. The van der Waals surface area contributed by atoms with E-state index in [4.69, 9.17) is 0 Å². The molecular formula is C56H48N2. The van der Waals surface area contributed by atoms with Crippen LogP contribution in [0.2, 0.25) is 0 Å². The molecule has 0 N–H and O–H groups in total. The maximum atomic E-state index is 2.65. The summed E-state index contributed by atoms with van der Waals surface area (Å²) < 4.78 is 0. The van der Waals surface area contributed by atoms with E-state index in [-0.39, 0.29) is 11.0 Å². The summed E-state index contributed by atoms with van der Waals surface area (Å²) in [4.78, 5) is 4.99. The van der Waals surface area contributed by atoms with Crippen molar-refractivity contribution >= 4 is 28.4 Å². The third-order valence-electron chi connectivity index (χ3n) is 13.3. The molecule has 8 aromatic carbocycles. The molecule has 1 aliphatic heterocycles. The molecule has 10 rings (SSSR count). The molecule has 0 amide bonds. The van der Waals surface area contributed by atoms with Crippen LogP contribution in [-0.4, -0.2) is 5.54 Å². The molecule has 0 spiro atoms. The van der Waals surface area contributed by atoms with Gasteiger partial charge in [-0.25, -0.2) is 0 Å². The molecule has 2 heteroatoms. The van der Waals surface area contributed by atoms with E-state index >= 15 is 0 Å². The molecule has 2 aliphatic rings. The Labute approximate surface area is 343 Å². The Kier molecular flexibility index (Phi) is 9.06. The van der Waals surface area contributed by atoms with Gasteiger partial charge in [0, 0.05) is 33.9 Å². The lowest BCUT2D eigenvalue weighted by molar-refractivity contribution is 0.195. The summed E-state index contributed by atoms with van der Waals surface area (Å²) in [6.07, 6.45) is 5.05. The van der Waals surface area contributed by atoms with Gasteiger partial charge < -0.3 is 9.80 Å². The molecule has 282 valence electrons. The quantitative estimate of drug-likeness (QED) is 0.153. The Morgan fingerprint density at radius 2 is 0.707 bits per heavy atom. The highest BCUT2D eigenvalue weighted by Gasteiger charge is 2.57. The normalized spacial score (nSPS) is 18.3. The van der Waals surface area contributed by atoms with Gasteiger partial charge in [-0.05, 0) is 124 Å². The van der Waals surface area contributed by atoms with E-state index in [1.54, 1.807) is 0 Å². The summed E-state index contributed by atoms with van der Waals surface area (Å²) in [5, 5.41) is 0. The molecule has 58 heavy (non-hydrogen) atoms. The van der Waals surface area contributed by atoms with Gasteiger partial charge in [0.1, 0.15) is 0 Å². The summed E-state index contributed by atoms with van der Waals surface area (Å²) in [5.41, 5.74) is 17.5. The van der Waals surface area contributed by atoms with Gasteiger partial charge in [0.05, 0.1) is 5.54 Å². The van der Waals surface area contributed by atoms with Crippen molar-refractivity contribution in [2.24, 2.45) is 0 Å². The fourth-order valence-corrected chi connectivity index (χ4v) is 9.88. The van der Waals surface area contributed by atoms with Gasteiger partial charge in [-0.1, -0.05) is 171 Å². The SMILES string of the molecule is CC12CCCCC1(C)N(c1ccc(-c3ccc(-c4ccc(N(c5ccc(-c6ccccc6)cc5)c5ccc(-c6ccccc6)cc5)cc4)cc3)cc1)c1ccccc12. The topological polar surface area (TPSA) is 6.48 Å². The lowest BCUT2D eigenvalue weighted by Crippen LogP contribution is -2.54. The van der Waals surface area contributed by atoms with Crippen LogP contribution in [0.1, 0.15) is 45.1 Å². The van der Waals surface area contributed by atoms with Gasteiger partial charge in [-0.2, -0.15) is 0 Å². The Bertz CT molecular complexity index is 2570. The minimum absolute atomic E-state index is 0.0741. The van der Waals surface area contributed by atoms with E-state index in [0.29, 0.717) is 0 Å². The molecule has 2 nitrogen and oxygen atoms in total. The summed E-state index contributed by atoms with van der Waals surface area (Å²) in [6, 6.07) is 75.3. The first kappa shape index (κ1) is 35.8. The van der Waals surface area contributed by atoms with Gasteiger partial charge in [0.15, 0.2) is 0 Å². The maximum Gasteiger partial charge on any atom is 0.0517 e. The zero-order valence-electron chi connectivity index (χ0n) is 33.4. The fraction of sp³-hybridized carbons (Fsp3) is 0.143. The first-order chi connectivity index (χ1) is 28.5. The predicted molar refractivity (Wildman–Crippen MR) is 246 cm³/mol. The monoisotopic (exact) mass is 748 g/mol. The van der Waals surface area contributed by atoms with Crippen molar-refractivity contribution in [3.8, 4) is 44.5 Å². The summed E-state index contributed by atoms with van der Waals surface area (Å²) in [5.74, 6) is 0. The molecule has 0 aromatic heterocycles. The van der Waals surface area contributed by atoms with Crippen molar-refractivity contribution in [3.05, 3.63) is 212 Å².